The second-order valence-electron chi connectivity index (χ2n) is 6.92. The van der Waals surface area contributed by atoms with Crippen molar-refractivity contribution in [3.05, 3.63) is 90.0 Å². The Morgan fingerprint density at radius 2 is 1.56 bits per heavy atom. The summed E-state index contributed by atoms with van der Waals surface area (Å²) < 4.78 is 0. The monoisotopic (exact) mass is 356 g/mol. The molecule has 136 valence electrons. The Kier molecular flexibility index (Phi) is 5.20. The van der Waals surface area contributed by atoms with Crippen molar-refractivity contribution in [2.45, 2.75) is 12.8 Å². The van der Waals surface area contributed by atoms with Gasteiger partial charge >= 0.3 is 0 Å². The van der Waals surface area contributed by atoms with Gasteiger partial charge in [-0.3, -0.25) is 4.79 Å². The van der Waals surface area contributed by atoms with E-state index >= 15 is 0 Å². The lowest BCUT2D eigenvalue weighted by Gasteiger charge is -2.19. The first-order chi connectivity index (χ1) is 13.3. The Morgan fingerprint density at radius 1 is 0.852 bits per heavy atom. The van der Waals surface area contributed by atoms with Crippen LogP contribution in [-0.4, -0.2) is 25.5 Å². The Bertz CT molecular complexity index is 903. The Hall–Kier alpha value is -3.07. The summed E-state index contributed by atoms with van der Waals surface area (Å²) in [6, 6.07) is 26.6. The first kappa shape index (κ1) is 17.3. The zero-order valence-corrected chi connectivity index (χ0v) is 15.4. The summed E-state index contributed by atoms with van der Waals surface area (Å²) in [5.41, 5.74) is 5.77. The van der Waals surface area contributed by atoms with Crippen LogP contribution in [0.3, 0.4) is 0 Å². The Balaban J connectivity index is 1.26. The van der Waals surface area contributed by atoms with Gasteiger partial charge in [0.1, 0.15) is 0 Å². The summed E-state index contributed by atoms with van der Waals surface area (Å²) in [5.74, 6) is -0.00330. The summed E-state index contributed by atoms with van der Waals surface area (Å²) in [6.45, 7) is 2.75. The summed E-state index contributed by atoms with van der Waals surface area (Å²) in [6.07, 6.45) is 2.07. The number of amides is 1. The van der Waals surface area contributed by atoms with Gasteiger partial charge in [-0.1, -0.05) is 60.7 Å². The molecule has 0 aliphatic carbocycles. The van der Waals surface area contributed by atoms with Gasteiger partial charge in [-0.25, -0.2) is 0 Å². The minimum atomic E-state index is -0.00330. The number of carbonyl (C=O) groups is 1. The minimum absolute atomic E-state index is 0.00330. The van der Waals surface area contributed by atoms with Crippen molar-refractivity contribution >= 4 is 11.6 Å². The highest BCUT2D eigenvalue weighted by molar-refractivity contribution is 5.94. The molecule has 1 N–H and O–H groups in total. The molecule has 0 bridgehead atoms. The van der Waals surface area contributed by atoms with Crippen LogP contribution < -0.4 is 10.2 Å². The van der Waals surface area contributed by atoms with Gasteiger partial charge in [0.05, 0.1) is 0 Å². The minimum Gasteiger partial charge on any atom is -0.371 e. The van der Waals surface area contributed by atoms with Gasteiger partial charge < -0.3 is 10.2 Å². The van der Waals surface area contributed by atoms with E-state index in [0.29, 0.717) is 12.1 Å². The lowest BCUT2D eigenvalue weighted by Crippen LogP contribution is -2.29. The van der Waals surface area contributed by atoms with E-state index < -0.39 is 0 Å². The average Bonchev–Trinajstić information content (AvgIpc) is 3.15. The largest absolute Gasteiger partial charge is 0.371 e. The second kappa shape index (κ2) is 8.09. The van der Waals surface area contributed by atoms with Crippen LogP contribution in [0, 0.1) is 0 Å². The number of benzene rings is 3. The molecule has 0 radical (unpaired) electrons. The van der Waals surface area contributed by atoms with E-state index in [1.54, 1.807) is 0 Å². The smallest absolute Gasteiger partial charge is 0.251 e. The first-order valence-electron chi connectivity index (χ1n) is 9.58. The number of nitrogens with zero attached hydrogens (tertiary/aromatic N) is 1. The maximum absolute atomic E-state index is 12.4. The molecular formula is C24H24N2O. The molecule has 1 aliphatic rings. The summed E-state index contributed by atoms with van der Waals surface area (Å²) in [4.78, 5) is 14.8. The fourth-order valence-electron chi connectivity index (χ4n) is 3.66. The van der Waals surface area contributed by atoms with Crippen LogP contribution in [0.25, 0.3) is 11.1 Å². The third-order valence-electron chi connectivity index (χ3n) is 5.13. The zero-order valence-electron chi connectivity index (χ0n) is 15.4. The number of hydrogen-bond acceptors (Lipinski definition) is 2. The third kappa shape index (κ3) is 4.03. The molecule has 0 spiro atoms. The summed E-state index contributed by atoms with van der Waals surface area (Å²) in [7, 11) is 0. The molecule has 1 aliphatic heterocycles. The molecule has 4 rings (SSSR count). The fraction of sp³-hybridized carbons (Fsp3) is 0.208. The quantitative estimate of drug-likeness (QED) is 0.658. The number of hydrogen-bond donors (Lipinski definition) is 1. The van der Waals surface area contributed by atoms with Gasteiger partial charge in [-0.15, -0.1) is 0 Å². The van der Waals surface area contributed by atoms with Crippen molar-refractivity contribution in [2.75, 3.05) is 24.5 Å². The predicted molar refractivity (Wildman–Crippen MR) is 111 cm³/mol. The van der Waals surface area contributed by atoms with Crippen molar-refractivity contribution in [1.82, 2.24) is 5.32 Å². The Morgan fingerprint density at radius 3 is 2.37 bits per heavy atom. The van der Waals surface area contributed by atoms with Crippen LogP contribution >= 0.6 is 0 Å². The van der Waals surface area contributed by atoms with Gasteiger partial charge in [0.2, 0.25) is 0 Å². The highest BCUT2D eigenvalue weighted by Gasteiger charge is 2.17. The third-order valence-corrected chi connectivity index (χ3v) is 5.13. The van der Waals surface area contributed by atoms with Crippen molar-refractivity contribution in [1.29, 1.82) is 0 Å². The average molecular weight is 356 g/mol. The zero-order chi connectivity index (χ0) is 18.5. The normalized spacial score (nSPS) is 12.7. The van der Waals surface area contributed by atoms with Crippen molar-refractivity contribution < 1.29 is 4.79 Å². The molecule has 0 atom stereocenters. The highest BCUT2D eigenvalue weighted by atomic mass is 16.1. The van der Waals surface area contributed by atoms with Crippen LogP contribution in [-0.2, 0) is 6.42 Å². The molecule has 3 aromatic carbocycles. The predicted octanol–water partition coefficient (Wildman–Crippen LogP) is 4.54. The van der Waals surface area contributed by atoms with Crippen molar-refractivity contribution in [3.8, 4) is 11.1 Å². The number of carbonyl (C=O) groups excluding carboxylic acids is 1. The molecule has 27 heavy (non-hydrogen) atoms. The van der Waals surface area contributed by atoms with Crippen LogP contribution in [0.4, 0.5) is 5.69 Å². The Labute approximate surface area is 160 Å². The van der Waals surface area contributed by atoms with Crippen molar-refractivity contribution in [2.24, 2.45) is 0 Å². The van der Waals surface area contributed by atoms with Gasteiger partial charge in [0.15, 0.2) is 0 Å². The number of nitrogens with one attached hydrogen (secondary N) is 1. The van der Waals surface area contributed by atoms with E-state index in [2.05, 4.69) is 46.6 Å². The van der Waals surface area contributed by atoms with Gasteiger partial charge in [-0.05, 0) is 47.7 Å². The molecule has 1 heterocycles. The van der Waals surface area contributed by atoms with E-state index in [1.165, 1.54) is 11.3 Å². The fourth-order valence-corrected chi connectivity index (χ4v) is 3.66. The van der Waals surface area contributed by atoms with Crippen LogP contribution in [0.2, 0.25) is 0 Å². The van der Waals surface area contributed by atoms with E-state index in [4.69, 9.17) is 0 Å². The van der Waals surface area contributed by atoms with Crippen LogP contribution in [0.5, 0.6) is 0 Å². The van der Waals surface area contributed by atoms with Crippen molar-refractivity contribution in [3.63, 3.8) is 0 Å². The maximum Gasteiger partial charge on any atom is 0.251 e. The molecular weight excluding hydrogens is 332 g/mol. The second-order valence-corrected chi connectivity index (χ2v) is 6.92. The number of para-hydroxylation sites is 1. The van der Waals surface area contributed by atoms with E-state index in [1.807, 2.05) is 42.5 Å². The molecule has 0 saturated carbocycles. The highest BCUT2D eigenvalue weighted by Crippen LogP contribution is 2.27. The van der Waals surface area contributed by atoms with E-state index in [0.717, 1.165) is 37.1 Å². The van der Waals surface area contributed by atoms with E-state index in [9.17, 15) is 4.79 Å². The molecule has 0 saturated heterocycles. The first-order valence-corrected chi connectivity index (χ1v) is 9.58. The number of anilines is 1. The topological polar surface area (TPSA) is 32.3 Å². The number of rotatable bonds is 6. The van der Waals surface area contributed by atoms with E-state index in [-0.39, 0.29) is 5.91 Å². The molecule has 3 nitrogen and oxygen atoms in total. The van der Waals surface area contributed by atoms with Gasteiger partial charge in [-0.2, -0.15) is 0 Å². The molecule has 1 amide bonds. The molecule has 0 aromatic heterocycles. The lowest BCUT2D eigenvalue weighted by molar-refractivity contribution is 0.0953. The maximum atomic E-state index is 12.4. The van der Waals surface area contributed by atoms with Gasteiger partial charge in [0, 0.05) is 30.9 Å². The standard InChI is InChI=1S/C24H24N2O/c27-24(22-13-11-20(12-14-22)19-7-2-1-3-8-19)25-16-6-17-26-18-15-21-9-4-5-10-23(21)26/h1-5,7-14H,6,15-18H2,(H,25,27). The van der Waals surface area contributed by atoms with Crippen LogP contribution in [0.15, 0.2) is 78.9 Å². The SMILES string of the molecule is O=C(NCCCN1CCc2ccccc21)c1ccc(-c2ccccc2)cc1. The molecule has 3 heteroatoms. The summed E-state index contributed by atoms with van der Waals surface area (Å²) >= 11 is 0. The lowest BCUT2D eigenvalue weighted by atomic mass is 10.0. The van der Waals surface area contributed by atoms with Gasteiger partial charge in [0.25, 0.3) is 5.91 Å². The number of fused-ring (bicyclic) bond motifs is 1. The van der Waals surface area contributed by atoms with Crippen LogP contribution in [0.1, 0.15) is 22.3 Å². The molecule has 3 aromatic rings. The molecule has 0 fully saturated rings. The molecule has 0 unspecified atom stereocenters. The summed E-state index contributed by atoms with van der Waals surface area (Å²) in [5, 5.41) is 3.04.